The monoisotopic (exact) mass is 571 g/mol. The number of pyridine rings is 3. The Morgan fingerprint density at radius 2 is 1.93 bits per heavy atom. The van der Waals surface area contributed by atoms with E-state index in [1.54, 1.807) is 17.2 Å². The summed E-state index contributed by atoms with van der Waals surface area (Å²) in [5, 5.41) is 10.9. The zero-order valence-electron chi connectivity index (χ0n) is 23.9. The standard InChI is InChI=1S/C32H31F2N5O3/c1-6-25(41)37-15-19-12-21-30(38(19)14-18(37)5)20-13-23(34)28(26-22(33)8-7-9-24(26)40)36-31(20)39(32(21)42)29-17(4)10-11-35-27(29)16(2)3/h6-11,13,16,18-19,40H,1,12,14-15H2,2-5H3. The molecular weight excluding hydrogens is 540 g/mol. The van der Waals surface area contributed by atoms with Gasteiger partial charge in [-0.15, -0.1) is 0 Å². The van der Waals surface area contributed by atoms with Crippen LogP contribution in [0.1, 0.15) is 43.5 Å². The number of aryl methyl sites for hydroxylation is 1. The number of benzene rings is 1. The maximum Gasteiger partial charge on any atom is 0.262 e. The Bertz CT molecular complexity index is 1830. The molecule has 1 saturated heterocycles. The highest BCUT2D eigenvalue weighted by atomic mass is 19.1. The number of phenols is 1. The number of halogens is 2. The molecule has 0 saturated carbocycles. The van der Waals surface area contributed by atoms with Crippen LogP contribution in [-0.2, 0) is 11.2 Å². The summed E-state index contributed by atoms with van der Waals surface area (Å²) < 4.78 is 32.4. The Morgan fingerprint density at radius 3 is 2.62 bits per heavy atom. The second-order valence-corrected chi connectivity index (χ2v) is 11.4. The van der Waals surface area contributed by atoms with Crippen LogP contribution in [0.5, 0.6) is 5.75 Å². The van der Waals surface area contributed by atoms with Crippen molar-refractivity contribution >= 4 is 22.6 Å². The molecule has 1 N–H and O–H groups in total. The van der Waals surface area contributed by atoms with Crippen molar-refractivity contribution in [2.45, 2.75) is 52.1 Å². The van der Waals surface area contributed by atoms with Crippen LogP contribution < -0.4 is 10.5 Å². The van der Waals surface area contributed by atoms with E-state index in [-0.39, 0.29) is 40.7 Å². The summed E-state index contributed by atoms with van der Waals surface area (Å²) in [7, 11) is 0. The van der Waals surface area contributed by atoms with Crippen LogP contribution >= 0.6 is 0 Å². The number of amides is 1. The first-order valence-electron chi connectivity index (χ1n) is 13.9. The molecule has 0 radical (unpaired) electrons. The quantitative estimate of drug-likeness (QED) is 0.347. The van der Waals surface area contributed by atoms with E-state index in [1.165, 1.54) is 28.8 Å². The molecule has 0 spiro atoms. The number of carbonyl (C=O) groups is 1. The molecule has 10 heteroatoms. The number of phenolic OH excluding ortho intramolecular Hbond substituents is 1. The Morgan fingerprint density at radius 1 is 1.17 bits per heavy atom. The zero-order chi connectivity index (χ0) is 30.0. The summed E-state index contributed by atoms with van der Waals surface area (Å²) in [4.78, 5) is 40.1. The number of anilines is 1. The molecule has 216 valence electrons. The molecule has 1 amide bonds. The smallest absolute Gasteiger partial charge is 0.262 e. The van der Waals surface area contributed by atoms with Crippen molar-refractivity contribution in [1.82, 2.24) is 19.4 Å². The van der Waals surface area contributed by atoms with Gasteiger partial charge >= 0.3 is 0 Å². The molecule has 2 unspecified atom stereocenters. The summed E-state index contributed by atoms with van der Waals surface area (Å²) >= 11 is 0. The second kappa shape index (κ2) is 10.0. The first-order valence-corrected chi connectivity index (χ1v) is 13.9. The number of rotatable bonds is 4. The zero-order valence-corrected chi connectivity index (χ0v) is 23.9. The maximum atomic E-state index is 15.9. The van der Waals surface area contributed by atoms with Gasteiger partial charge in [0.2, 0.25) is 5.91 Å². The van der Waals surface area contributed by atoms with Crippen LogP contribution in [0.2, 0.25) is 0 Å². The maximum absolute atomic E-state index is 15.9. The third-order valence-corrected chi connectivity index (χ3v) is 8.35. The SMILES string of the molecule is C=CC(=O)N1CC2Cc3c(c4cc(F)c(-c5c(O)cccc5F)nc4n(-c4c(C)ccnc4C(C)C)c3=O)N2CC1C. The van der Waals surface area contributed by atoms with Gasteiger partial charge in [-0.25, -0.2) is 13.8 Å². The first-order chi connectivity index (χ1) is 20.0. The molecule has 3 aromatic heterocycles. The fourth-order valence-corrected chi connectivity index (χ4v) is 6.39. The van der Waals surface area contributed by atoms with E-state index in [0.717, 1.165) is 11.6 Å². The number of aromatic hydroxyl groups is 1. The van der Waals surface area contributed by atoms with Gasteiger partial charge in [0.05, 0.1) is 28.7 Å². The van der Waals surface area contributed by atoms with E-state index in [4.69, 9.17) is 0 Å². The van der Waals surface area contributed by atoms with Crippen molar-refractivity contribution in [3.8, 4) is 22.7 Å². The number of hydrogen-bond acceptors (Lipinski definition) is 6. The van der Waals surface area contributed by atoms with E-state index >= 15 is 4.39 Å². The van der Waals surface area contributed by atoms with Crippen LogP contribution in [0.15, 0.2) is 54.0 Å². The average Bonchev–Trinajstić information content (AvgIpc) is 3.32. The number of piperazine rings is 1. The third-order valence-electron chi connectivity index (χ3n) is 8.35. The van der Waals surface area contributed by atoms with Crippen molar-refractivity contribution in [2.75, 3.05) is 18.0 Å². The van der Waals surface area contributed by atoms with Gasteiger partial charge in [0.15, 0.2) is 5.82 Å². The summed E-state index contributed by atoms with van der Waals surface area (Å²) in [6.07, 6.45) is 3.32. The summed E-state index contributed by atoms with van der Waals surface area (Å²) in [6, 6.07) is 6.38. The van der Waals surface area contributed by atoms with Gasteiger partial charge in [-0.3, -0.25) is 19.1 Å². The average molecular weight is 572 g/mol. The lowest BCUT2D eigenvalue weighted by atomic mass is 10.0. The predicted octanol–water partition coefficient (Wildman–Crippen LogP) is 5.01. The van der Waals surface area contributed by atoms with Crippen molar-refractivity contribution in [2.24, 2.45) is 0 Å². The highest BCUT2D eigenvalue weighted by Gasteiger charge is 2.42. The molecule has 42 heavy (non-hydrogen) atoms. The van der Waals surface area contributed by atoms with Gasteiger partial charge in [-0.2, -0.15) is 0 Å². The highest BCUT2D eigenvalue weighted by Crippen LogP contribution is 2.42. The van der Waals surface area contributed by atoms with Crippen LogP contribution in [-0.4, -0.2) is 55.6 Å². The second-order valence-electron chi connectivity index (χ2n) is 11.4. The van der Waals surface area contributed by atoms with Gasteiger partial charge in [-0.05, 0) is 55.7 Å². The molecule has 0 bridgehead atoms. The van der Waals surface area contributed by atoms with Crippen molar-refractivity contribution in [3.05, 3.63) is 88.0 Å². The molecule has 2 atom stereocenters. The van der Waals surface area contributed by atoms with E-state index in [1.807, 2.05) is 27.7 Å². The van der Waals surface area contributed by atoms with Crippen molar-refractivity contribution in [3.63, 3.8) is 0 Å². The van der Waals surface area contributed by atoms with E-state index in [0.29, 0.717) is 47.5 Å². The summed E-state index contributed by atoms with van der Waals surface area (Å²) in [5.74, 6) is -2.38. The Kier molecular flexibility index (Phi) is 6.59. The van der Waals surface area contributed by atoms with Gasteiger partial charge < -0.3 is 14.9 Å². The predicted molar refractivity (Wildman–Crippen MR) is 157 cm³/mol. The lowest BCUT2D eigenvalue weighted by Crippen LogP contribution is -2.57. The number of fused-ring (bicyclic) bond motifs is 5. The van der Waals surface area contributed by atoms with Gasteiger partial charge in [0.25, 0.3) is 5.56 Å². The molecular formula is C32H31F2N5O3. The van der Waals surface area contributed by atoms with Crippen molar-refractivity contribution < 1.29 is 18.7 Å². The Labute approximate surface area is 241 Å². The van der Waals surface area contributed by atoms with Gasteiger partial charge in [0.1, 0.15) is 22.9 Å². The molecule has 8 nitrogen and oxygen atoms in total. The normalized spacial score (nSPS) is 18.0. The molecule has 2 aliphatic heterocycles. The lowest BCUT2D eigenvalue weighted by molar-refractivity contribution is -0.128. The molecule has 6 rings (SSSR count). The first kappa shape index (κ1) is 27.6. The van der Waals surface area contributed by atoms with Crippen LogP contribution in [0.3, 0.4) is 0 Å². The van der Waals surface area contributed by atoms with E-state index < -0.39 is 23.1 Å². The molecule has 0 aliphatic carbocycles. The third kappa shape index (κ3) is 4.07. The molecule has 2 aliphatic rings. The van der Waals surface area contributed by atoms with Crippen LogP contribution in [0.4, 0.5) is 14.5 Å². The minimum absolute atomic E-state index is 0.0590. The Balaban J connectivity index is 1.70. The topological polar surface area (TPSA) is 91.6 Å². The highest BCUT2D eigenvalue weighted by molar-refractivity contribution is 5.96. The minimum Gasteiger partial charge on any atom is -0.507 e. The fourth-order valence-electron chi connectivity index (χ4n) is 6.39. The van der Waals surface area contributed by atoms with Gasteiger partial charge in [0, 0.05) is 42.7 Å². The fraction of sp³-hybridized carbons (Fsp3) is 0.312. The number of carbonyl (C=O) groups excluding carboxylic acids is 1. The molecule has 5 heterocycles. The van der Waals surface area contributed by atoms with Crippen LogP contribution in [0.25, 0.3) is 28.0 Å². The lowest BCUT2D eigenvalue weighted by Gasteiger charge is -2.43. The Hall–Kier alpha value is -4.60. The number of hydrogen-bond donors (Lipinski definition) is 1. The minimum atomic E-state index is -0.840. The molecule has 1 aromatic carbocycles. The number of aromatic nitrogens is 3. The van der Waals surface area contributed by atoms with E-state index in [9.17, 15) is 19.1 Å². The van der Waals surface area contributed by atoms with Crippen LogP contribution in [0, 0.1) is 18.6 Å². The largest absolute Gasteiger partial charge is 0.507 e. The summed E-state index contributed by atoms with van der Waals surface area (Å²) in [5.41, 5.74) is 2.04. The van der Waals surface area contributed by atoms with Crippen molar-refractivity contribution in [1.29, 1.82) is 0 Å². The number of nitrogens with zero attached hydrogens (tertiary/aromatic N) is 5. The molecule has 1 fully saturated rings. The van der Waals surface area contributed by atoms with Gasteiger partial charge in [-0.1, -0.05) is 26.5 Å². The molecule has 4 aromatic rings. The summed E-state index contributed by atoms with van der Waals surface area (Å²) in [6.45, 7) is 12.1. The van der Waals surface area contributed by atoms with E-state index in [2.05, 4.69) is 21.4 Å².